The Morgan fingerprint density at radius 1 is 1.00 bits per heavy atom. The number of hydrogen-bond acceptors (Lipinski definition) is 4. The lowest BCUT2D eigenvalue weighted by Crippen LogP contribution is -2.33. The summed E-state index contributed by atoms with van der Waals surface area (Å²) in [5, 5.41) is 3.01. The fourth-order valence-corrected chi connectivity index (χ4v) is 3.99. The average Bonchev–Trinajstić information content (AvgIpc) is 2.59. The van der Waals surface area contributed by atoms with E-state index in [1.54, 1.807) is 0 Å². The Morgan fingerprint density at radius 2 is 1.72 bits per heavy atom. The van der Waals surface area contributed by atoms with Crippen LogP contribution in [-0.2, 0) is 24.2 Å². The van der Waals surface area contributed by atoms with Crippen LogP contribution >= 0.6 is 0 Å². The molecule has 1 aromatic rings. The highest BCUT2D eigenvalue weighted by atomic mass is 16.1. The summed E-state index contributed by atoms with van der Waals surface area (Å²) in [5.74, 6) is 0.874. The zero-order chi connectivity index (χ0) is 17.5. The van der Waals surface area contributed by atoms with E-state index in [1.165, 1.54) is 56.2 Å². The molecular formula is C20H32N4O. The predicted molar refractivity (Wildman–Crippen MR) is 99.4 cm³/mol. The van der Waals surface area contributed by atoms with Crippen molar-refractivity contribution in [2.24, 2.45) is 0 Å². The van der Waals surface area contributed by atoms with Crippen molar-refractivity contribution in [3.05, 3.63) is 22.8 Å². The molecule has 0 radical (unpaired) electrons. The smallest absolute Gasteiger partial charge is 0.221 e. The third-order valence-corrected chi connectivity index (χ3v) is 5.48. The molecule has 1 saturated heterocycles. The molecule has 25 heavy (non-hydrogen) atoms. The van der Waals surface area contributed by atoms with Crippen molar-refractivity contribution in [2.75, 3.05) is 19.6 Å². The number of fused-ring (bicyclic) bond motifs is 1. The van der Waals surface area contributed by atoms with Crippen LogP contribution in [0.2, 0.25) is 0 Å². The van der Waals surface area contributed by atoms with Crippen LogP contribution < -0.4 is 5.32 Å². The molecule has 138 valence electrons. The summed E-state index contributed by atoms with van der Waals surface area (Å²) in [6, 6.07) is 0. The summed E-state index contributed by atoms with van der Waals surface area (Å²) in [6.45, 7) is 5.67. The van der Waals surface area contributed by atoms with Gasteiger partial charge in [0.05, 0.1) is 6.54 Å². The van der Waals surface area contributed by atoms with Gasteiger partial charge in [-0.05, 0) is 64.1 Å². The van der Waals surface area contributed by atoms with Crippen molar-refractivity contribution in [3.8, 4) is 0 Å². The summed E-state index contributed by atoms with van der Waals surface area (Å²) in [4.78, 5) is 23.9. The van der Waals surface area contributed by atoms with E-state index in [1.807, 2.05) is 0 Å². The van der Waals surface area contributed by atoms with Gasteiger partial charge in [-0.2, -0.15) is 0 Å². The number of rotatable bonds is 5. The molecule has 1 N–H and O–H groups in total. The summed E-state index contributed by atoms with van der Waals surface area (Å²) in [7, 11) is 0. The van der Waals surface area contributed by atoms with Crippen molar-refractivity contribution < 1.29 is 4.79 Å². The highest BCUT2D eigenvalue weighted by Gasteiger charge is 2.16. The van der Waals surface area contributed by atoms with Gasteiger partial charge in [0.25, 0.3) is 0 Å². The topological polar surface area (TPSA) is 58.1 Å². The van der Waals surface area contributed by atoms with Crippen molar-refractivity contribution in [2.45, 2.75) is 77.7 Å². The van der Waals surface area contributed by atoms with Crippen LogP contribution in [-0.4, -0.2) is 40.4 Å². The summed E-state index contributed by atoms with van der Waals surface area (Å²) >= 11 is 0. The van der Waals surface area contributed by atoms with Gasteiger partial charge >= 0.3 is 0 Å². The highest BCUT2D eigenvalue weighted by molar-refractivity contribution is 5.75. The first-order chi connectivity index (χ1) is 12.2. The van der Waals surface area contributed by atoms with Crippen LogP contribution in [0.15, 0.2) is 0 Å². The predicted octanol–water partition coefficient (Wildman–Crippen LogP) is 2.94. The van der Waals surface area contributed by atoms with E-state index in [0.717, 1.165) is 44.0 Å². The molecule has 2 aliphatic rings. The second-order valence-electron chi connectivity index (χ2n) is 7.49. The molecule has 1 aliphatic heterocycles. The molecule has 1 aromatic heterocycles. The van der Waals surface area contributed by atoms with E-state index in [4.69, 9.17) is 0 Å². The normalized spacial score (nSPS) is 18.9. The van der Waals surface area contributed by atoms with Crippen LogP contribution in [0.3, 0.4) is 0 Å². The Morgan fingerprint density at radius 3 is 2.52 bits per heavy atom. The van der Waals surface area contributed by atoms with E-state index in [-0.39, 0.29) is 5.91 Å². The molecule has 0 saturated carbocycles. The van der Waals surface area contributed by atoms with Crippen LogP contribution in [0.4, 0.5) is 0 Å². The number of amides is 1. The minimum absolute atomic E-state index is 0.112. The maximum absolute atomic E-state index is 12.2. The zero-order valence-corrected chi connectivity index (χ0v) is 15.6. The molecule has 5 nitrogen and oxygen atoms in total. The van der Waals surface area contributed by atoms with Gasteiger partial charge in [0.2, 0.25) is 5.91 Å². The number of nitrogens with one attached hydrogen (secondary N) is 1. The Balaban J connectivity index is 1.45. The van der Waals surface area contributed by atoms with Gasteiger partial charge in [0.15, 0.2) is 0 Å². The Kier molecular flexibility index (Phi) is 6.79. The minimum atomic E-state index is 0.112. The fraction of sp³-hybridized carbons (Fsp3) is 0.750. The van der Waals surface area contributed by atoms with Gasteiger partial charge in [-0.3, -0.25) is 4.79 Å². The lowest BCUT2D eigenvalue weighted by atomic mass is 9.95. The molecule has 0 bridgehead atoms. The zero-order valence-electron chi connectivity index (χ0n) is 15.6. The standard InChI is InChI=1S/C20H32N4O/c1-16-17-9-5-6-10-18(17)23-19(22-16)15-21-20(25)11-14-24-12-7-3-2-4-8-13-24/h2-15H2,1H3,(H,21,25). The van der Waals surface area contributed by atoms with Gasteiger partial charge in [0, 0.05) is 24.4 Å². The number of carbonyl (C=O) groups is 1. The third-order valence-electron chi connectivity index (χ3n) is 5.48. The van der Waals surface area contributed by atoms with E-state index in [2.05, 4.69) is 27.1 Å². The van der Waals surface area contributed by atoms with Crippen LogP contribution in [0.25, 0.3) is 0 Å². The van der Waals surface area contributed by atoms with Crippen molar-refractivity contribution in [1.82, 2.24) is 20.2 Å². The molecule has 1 amide bonds. The maximum Gasteiger partial charge on any atom is 0.221 e. The van der Waals surface area contributed by atoms with Gasteiger partial charge in [-0.25, -0.2) is 9.97 Å². The number of carbonyl (C=O) groups excluding carboxylic acids is 1. The van der Waals surface area contributed by atoms with Crippen molar-refractivity contribution >= 4 is 5.91 Å². The molecule has 5 heteroatoms. The second kappa shape index (κ2) is 9.27. The monoisotopic (exact) mass is 344 g/mol. The largest absolute Gasteiger partial charge is 0.349 e. The average molecular weight is 345 g/mol. The van der Waals surface area contributed by atoms with Crippen LogP contribution in [0.1, 0.15) is 74.1 Å². The van der Waals surface area contributed by atoms with Gasteiger partial charge < -0.3 is 10.2 Å². The molecule has 1 fully saturated rings. The Hall–Kier alpha value is -1.49. The molecule has 2 heterocycles. The van der Waals surface area contributed by atoms with Gasteiger partial charge in [0.1, 0.15) is 5.82 Å². The fourth-order valence-electron chi connectivity index (χ4n) is 3.99. The SMILES string of the molecule is Cc1nc(CNC(=O)CCN2CCCCCCC2)nc2c1CCCC2. The minimum Gasteiger partial charge on any atom is -0.349 e. The quantitative estimate of drug-likeness (QED) is 0.892. The second-order valence-corrected chi connectivity index (χ2v) is 7.49. The summed E-state index contributed by atoms with van der Waals surface area (Å²) < 4.78 is 0. The Bertz CT molecular complexity index is 579. The van der Waals surface area contributed by atoms with Crippen LogP contribution in [0, 0.1) is 6.92 Å². The lowest BCUT2D eigenvalue weighted by Gasteiger charge is -2.24. The molecule has 0 atom stereocenters. The van der Waals surface area contributed by atoms with Gasteiger partial charge in [-0.15, -0.1) is 0 Å². The third kappa shape index (κ3) is 5.50. The first-order valence-corrected chi connectivity index (χ1v) is 10.1. The van der Waals surface area contributed by atoms with E-state index in [9.17, 15) is 4.79 Å². The summed E-state index contributed by atoms with van der Waals surface area (Å²) in [6.07, 6.45) is 11.7. The van der Waals surface area contributed by atoms with Gasteiger partial charge in [-0.1, -0.05) is 19.3 Å². The number of nitrogens with zero attached hydrogens (tertiary/aromatic N) is 3. The number of aromatic nitrogens is 2. The van der Waals surface area contributed by atoms with E-state index in [0.29, 0.717) is 13.0 Å². The molecule has 1 aliphatic carbocycles. The first kappa shape index (κ1) is 18.3. The molecule has 3 rings (SSSR count). The molecular weight excluding hydrogens is 312 g/mol. The van der Waals surface area contributed by atoms with E-state index < -0.39 is 0 Å². The van der Waals surface area contributed by atoms with Crippen molar-refractivity contribution in [3.63, 3.8) is 0 Å². The summed E-state index contributed by atoms with van der Waals surface area (Å²) in [5.41, 5.74) is 3.62. The number of aryl methyl sites for hydroxylation is 2. The molecule has 0 aromatic carbocycles. The van der Waals surface area contributed by atoms with Crippen LogP contribution in [0.5, 0.6) is 0 Å². The maximum atomic E-state index is 12.2. The van der Waals surface area contributed by atoms with Crippen molar-refractivity contribution in [1.29, 1.82) is 0 Å². The molecule has 0 spiro atoms. The highest BCUT2D eigenvalue weighted by Crippen LogP contribution is 2.21. The molecule has 0 unspecified atom stereocenters. The first-order valence-electron chi connectivity index (χ1n) is 10.1. The Labute approximate surface area is 151 Å². The number of hydrogen-bond donors (Lipinski definition) is 1. The number of likely N-dealkylation sites (tertiary alicyclic amines) is 1. The lowest BCUT2D eigenvalue weighted by molar-refractivity contribution is -0.121. The van der Waals surface area contributed by atoms with E-state index >= 15 is 0 Å².